The van der Waals surface area contributed by atoms with E-state index >= 15 is 0 Å². The van der Waals surface area contributed by atoms with Crippen molar-refractivity contribution in [2.75, 3.05) is 12.3 Å². The summed E-state index contributed by atoms with van der Waals surface area (Å²) in [6.07, 6.45) is 2.11. The lowest BCUT2D eigenvalue weighted by Gasteiger charge is -2.04. The molecule has 1 aromatic carbocycles. The highest BCUT2D eigenvalue weighted by Crippen LogP contribution is 2.14. The van der Waals surface area contributed by atoms with Crippen molar-refractivity contribution in [3.05, 3.63) is 36.0 Å². The molecule has 1 aromatic heterocycles. The third kappa shape index (κ3) is 3.80. The van der Waals surface area contributed by atoms with Gasteiger partial charge in [0.2, 0.25) is 10.0 Å². The number of fused-ring (bicyclic) bond motifs is 1. The molecule has 1 amide bonds. The fourth-order valence-corrected chi connectivity index (χ4v) is 2.32. The summed E-state index contributed by atoms with van der Waals surface area (Å²) < 4.78 is 21.4. The maximum Gasteiger partial charge on any atom is 0.251 e. The second-order valence-electron chi connectivity index (χ2n) is 4.26. The maximum atomic E-state index is 11.8. The molecule has 0 atom stereocenters. The molecule has 0 saturated carbocycles. The molecule has 0 aliphatic carbocycles. The number of primary sulfonamides is 1. The molecule has 102 valence electrons. The lowest BCUT2D eigenvalue weighted by atomic mass is 10.1. The number of rotatable bonds is 5. The van der Waals surface area contributed by atoms with Crippen LogP contribution in [-0.2, 0) is 10.0 Å². The second kappa shape index (κ2) is 5.41. The summed E-state index contributed by atoms with van der Waals surface area (Å²) in [5, 5.41) is 8.48. The summed E-state index contributed by atoms with van der Waals surface area (Å²) in [7, 11) is -3.46. The molecular formula is C12H15N3O3S. The normalized spacial score (nSPS) is 11.6. The van der Waals surface area contributed by atoms with Gasteiger partial charge in [-0.3, -0.25) is 4.79 Å². The maximum absolute atomic E-state index is 11.8. The highest BCUT2D eigenvalue weighted by molar-refractivity contribution is 7.89. The molecule has 2 aromatic rings. The summed E-state index contributed by atoms with van der Waals surface area (Å²) in [5.41, 5.74) is 1.51. The molecule has 0 radical (unpaired) electrons. The van der Waals surface area contributed by atoms with E-state index in [4.69, 9.17) is 5.14 Å². The summed E-state index contributed by atoms with van der Waals surface area (Å²) in [6.45, 7) is 0.278. The van der Waals surface area contributed by atoms with Crippen LogP contribution in [0.1, 0.15) is 16.8 Å². The number of hydrogen-bond acceptors (Lipinski definition) is 3. The zero-order valence-electron chi connectivity index (χ0n) is 10.2. The molecule has 4 N–H and O–H groups in total. The number of sulfonamides is 1. The van der Waals surface area contributed by atoms with E-state index in [-0.39, 0.29) is 18.2 Å². The van der Waals surface area contributed by atoms with Crippen LogP contribution in [0.25, 0.3) is 10.9 Å². The number of aromatic nitrogens is 1. The van der Waals surface area contributed by atoms with Crippen molar-refractivity contribution in [3.63, 3.8) is 0 Å². The summed E-state index contributed by atoms with van der Waals surface area (Å²) in [4.78, 5) is 14.9. The van der Waals surface area contributed by atoms with Crippen LogP contribution < -0.4 is 10.5 Å². The van der Waals surface area contributed by atoms with E-state index in [0.717, 1.165) is 10.9 Å². The Kier molecular flexibility index (Phi) is 3.87. The third-order valence-electron chi connectivity index (χ3n) is 2.71. The van der Waals surface area contributed by atoms with E-state index in [1.807, 2.05) is 12.1 Å². The van der Waals surface area contributed by atoms with Crippen molar-refractivity contribution in [2.24, 2.45) is 5.14 Å². The smallest absolute Gasteiger partial charge is 0.251 e. The first-order valence-corrected chi connectivity index (χ1v) is 7.53. The lowest BCUT2D eigenvalue weighted by Crippen LogP contribution is -2.27. The first-order chi connectivity index (χ1) is 8.96. The van der Waals surface area contributed by atoms with Crippen LogP contribution in [0.2, 0.25) is 0 Å². The van der Waals surface area contributed by atoms with Crippen molar-refractivity contribution in [2.45, 2.75) is 6.42 Å². The van der Waals surface area contributed by atoms with Crippen LogP contribution >= 0.6 is 0 Å². The molecule has 7 heteroatoms. The molecule has 0 fully saturated rings. The van der Waals surface area contributed by atoms with E-state index in [1.165, 1.54) is 0 Å². The predicted octanol–water partition coefficient (Wildman–Crippen LogP) is 0.576. The summed E-state index contributed by atoms with van der Waals surface area (Å²) in [5.74, 6) is -0.359. The van der Waals surface area contributed by atoms with Crippen molar-refractivity contribution in [1.29, 1.82) is 0 Å². The van der Waals surface area contributed by atoms with Crippen LogP contribution in [0.5, 0.6) is 0 Å². The van der Waals surface area contributed by atoms with Crippen LogP contribution in [0.3, 0.4) is 0 Å². The standard InChI is InChI=1S/C12H15N3O3S/c13-19(17,18)7-1-5-15-12(16)10-2-3-11-9(8-10)4-6-14-11/h2-4,6,8,14H,1,5,7H2,(H,15,16)(H2,13,17,18). The molecule has 0 unspecified atom stereocenters. The Labute approximate surface area is 111 Å². The quantitative estimate of drug-likeness (QED) is 0.698. The SMILES string of the molecule is NS(=O)(=O)CCCNC(=O)c1ccc2[nH]ccc2c1. The van der Waals surface area contributed by atoms with Gasteiger partial charge in [-0.1, -0.05) is 0 Å². The molecule has 0 aliphatic rings. The fourth-order valence-electron chi connectivity index (χ4n) is 1.77. The summed E-state index contributed by atoms with van der Waals surface area (Å²) >= 11 is 0. The minimum absolute atomic E-state index is 0.135. The van der Waals surface area contributed by atoms with Crippen molar-refractivity contribution in [3.8, 4) is 0 Å². The Morgan fingerprint density at radius 2 is 2.11 bits per heavy atom. The Morgan fingerprint density at radius 1 is 1.32 bits per heavy atom. The minimum atomic E-state index is -3.46. The first-order valence-electron chi connectivity index (χ1n) is 5.81. The van der Waals surface area contributed by atoms with E-state index in [1.54, 1.807) is 18.3 Å². The number of amides is 1. The minimum Gasteiger partial charge on any atom is -0.361 e. The number of H-pyrrole nitrogens is 1. The van der Waals surface area contributed by atoms with Gasteiger partial charge in [-0.2, -0.15) is 0 Å². The summed E-state index contributed by atoms with van der Waals surface area (Å²) in [6, 6.07) is 7.20. The largest absolute Gasteiger partial charge is 0.361 e. The topological polar surface area (TPSA) is 105 Å². The zero-order chi connectivity index (χ0) is 13.9. The molecule has 1 heterocycles. The molecular weight excluding hydrogens is 266 g/mol. The number of aromatic amines is 1. The number of nitrogens with one attached hydrogen (secondary N) is 2. The van der Waals surface area contributed by atoms with E-state index in [2.05, 4.69) is 10.3 Å². The molecule has 0 saturated heterocycles. The molecule has 0 aliphatic heterocycles. The zero-order valence-corrected chi connectivity index (χ0v) is 11.0. The number of hydrogen-bond donors (Lipinski definition) is 3. The molecule has 2 rings (SSSR count). The first kappa shape index (κ1) is 13.6. The van der Waals surface area contributed by atoms with Gasteiger partial charge < -0.3 is 10.3 Å². The Morgan fingerprint density at radius 3 is 2.84 bits per heavy atom. The van der Waals surface area contributed by atoms with Crippen LogP contribution in [0, 0.1) is 0 Å². The Balaban J connectivity index is 1.92. The van der Waals surface area contributed by atoms with Gasteiger partial charge >= 0.3 is 0 Å². The number of benzene rings is 1. The van der Waals surface area contributed by atoms with Crippen molar-refractivity contribution in [1.82, 2.24) is 10.3 Å². The number of carbonyl (C=O) groups excluding carboxylic acids is 1. The van der Waals surface area contributed by atoms with Gasteiger partial charge in [0.1, 0.15) is 0 Å². The Hall–Kier alpha value is -1.86. The van der Waals surface area contributed by atoms with Crippen molar-refractivity contribution >= 4 is 26.8 Å². The van der Waals surface area contributed by atoms with Gasteiger partial charge in [-0.25, -0.2) is 13.6 Å². The average molecular weight is 281 g/mol. The molecule has 6 nitrogen and oxygen atoms in total. The van der Waals surface area contributed by atoms with E-state index in [0.29, 0.717) is 12.0 Å². The van der Waals surface area contributed by atoms with Gasteiger partial charge in [-0.15, -0.1) is 0 Å². The van der Waals surface area contributed by atoms with Gasteiger partial charge in [0.05, 0.1) is 5.75 Å². The van der Waals surface area contributed by atoms with Crippen LogP contribution in [0.15, 0.2) is 30.5 Å². The van der Waals surface area contributed by atoms with Gasteiger partial charge in [0, 0.05) is 29.2 Å². The van der Waals surface area contributed by atoms with Gasteiger partial charge in [-0.05, 0) is 30.7 Å². The monoisotopic (exact) mass is 281 g/mol. The Bertz CT molecular complexity index is 691. The van der Waals surface area contributed by atoms with Crippen molar-refractivity contribution < 1.29 is 13.2 Å². The predicted molar refractivity (Wildman–Crippen MR) is 73.2 cm³/mol. The van der Waals surface area contributed by atoms with Crippen LogP contribution in [0.4, 0.5) is 0 Å². The number of nitrogens with two attached hydrogens (primary N) is 1. The molecule has 19 heavy (non-hydrogen) atoms. The average Bonchev–Trinajstić information content (AvgIpc) is 2.80. The highest BCUT2D eigenvalue weighted by Gasteiger charge is 2.07. The highest BCUT2D eigenvalue weighted by atomic mass is 32.2. The molecule has 0 bridgehead atoms. The van der Waals surface area contributed by atoms with Gasteiger partial charge in [0.15, 0.2) is 0 Å². The van der Waals surface area contributed by atoms with E-state index < -0.39 is 10.0 Å². The lowest BCUT2D eigenvalue weighted by molar-refractivity contribution is 0.0954. The number of carbonyl (C=O) groups is 1. The second-order valence-corrected chi connectivity index (χ2v) is 5.99. The van der Waals surface area contributed by atoms with Gasteiger partial charge in [0.25, 0.3) is 5.91 Å². The third-order valence-corrected chi connectivity index (χ3v) is 3.56. The van der Waals surface area contributed by atoms with Crippen LogP contribution in [-0.4, -0.2) is 31.6 Å². The van der Waals surface area contributed by atoms with E-state index in [9.17, 15) is 13.2 Å². The molecule has 0 spiro atoms. The fraction of sp³-hybridized carbons (Fsp3) is 0.250.